The molecule has 0 aliphatic heterocycles. The van der Waals surface area contributed by atoms with Gasteiger partial charge in [-0.15, -0.1) is 0 Å². The highest BCUT2D eigenvalue weighted by atomic mass is 16.3. The summed E-state index contributed by atoms with van der Waals surface area (Å²) in [5.74, 6) is 1.63. The molecule has 2 atom stereocenters. The number of hydrogen-bond donors (Lipinski definition) is 2. The first-order valence-corrected chi connectivity index (χ1v) is 5.26. The molecule has 2 unspecified atom stereocenters. The Morgan fingerprint density at radius 2 is 2.00 bits per heavy atom. The number of hydrogen-bond acceptors (Lipinski definition) is 2. The number of fused-ring (bicyclic) bond motifs is 5. The van der Waals surface area contributed by atoms with Crippen LogP contribution in [-0.4, -0.2) is 10.2 Å². The molecule has 0 saturated heterocycles. The Balaban J connectivity index is 2.18. The van der Waals surface area contributed by atoms with E-state index in [2.05, 4.69) is 6.07 Å². The zero-order valence-electron chi connectivity index (χ0n) is 8.03. The summed E-state index contributed by atoms with van der Waals surface area (Å²) in [7, 11) is 0. The summed E-state index contributed by atoms with van der Waals surface area (Å²) < 4.78 is 0. The van der Waals surface area contributed by atoms with Gasteiger partial charge in [-0.3, -0.25) is 0 Å². The standard InChI is InChI=1S/C12H14O2/c13-6-7-3-10-8-1-2-9(5-8)12(10)11(14)4-7/h3-4,8-9,13-14H,1-2,5-6H2. The number of aliphatic hydroxyl groups excluding tert-OH is 1. The molecule has 2 bridgehead atoms. The predicted molar refractivity (Wildman–Crippen MR) is 53.4 cm³/mol. The normalized spacial score (nSPS) is 28.1. The van der Waals surface area contributed by atoms with Crippen molar-refractivity contribution in [3.8, 4) is 5.75 Å². The van der Waals surface area contributed by atoms with Crippen molar-refractivity contribution in [1.82, 2.24) is 0 Å². The fourth-order valence-electron chi connectivity index (χ4n) is 3.12. The van der Waals surface area contributed by atoms with Crippen molar-refractivity contribution in [3.05, 3.63) is 28.8 Å². The zero-order valence-corrected chi connectivity index (χ0v) is 8.03. The van der Waals surface area contributed by atoms with E-state index in [9.17, 15) is 5.11 Å². The molecular weight excluding hydrogens is 176 g/mol. The minimum absolute atomic E-state index is 0.0260. The molecule has 1 aromatic rings. The third-order valence-corrected chi connectivity index (χ3v) is 3.71. The maximum Gasteiger partial charge on any atom is 0.119 e. The van der Waals surface area contributed by atoms with Gasteiger partial charge in [0, 0.05) is 5.56 Å². The lowest BCUT2D eigenvalue weighted by Crippen LogP contribution is -1.99. The number of benzene rings is 1. The van der Waals surface area contributed by atoms with Gasteiger partial charge < -0.3 is 10.2 Å². The van der Waals surface area contributed by atoms with Gasteiger partial charge in [-0.05, 0) is 48.3 Å². The van der Waals surface area contributed by atoms with Crippen LogP contribution in [0.25, 0.3) is 0 Å². The van der Waals surface area contributed by atoms with Crippen LogP contribution in [0.5, 0.6) is 5.75 Å². The summed E-state index contributed by atoms with van der Waals surface area (Å²) in [5.41, 5.74) is 3.30. The van der Waals surface area contributed by atoms with E-state index in [1.165, 1.54) is 30.4 Å². The van der Waals surface area contributed by atoms with Gasteiger partial charge in [-0.2, -0.15) is 0 Å². The van der Waals surface area contributed by atoms with Crippen LogP contribution in [0.3, 0.4) is 0 Å². The Morgan fingerprint density at radius 1 is 1.21 bits per heavy atom. The molecule has 2 aliphatic carbocycles. The molecule has 74 valence electrons. The Labute approximate surface area is 83.2 Å². The van der Waals surface area contributed by atoms with Crippen molar-refractivity contribution in [1.29, 1.82) is 0 Å². The van der Waals surface area contributed by atoms with Crippen molar-refractivity contribution >= 4 is 0 Å². The molecule has 0 radical (unpaired) electrons. The minimum atomic E-state index is 0.0260. The van der Waals surface area contributed by atoms with E-state index in [1.54, 1.807) is 6.07 Å². The quantitative estimate of drug-likeness (QED) is 0.713. The average molecular weight is 190 g/mol. The van der Waals surface area contributed by atoms with Crippen molar-refractivity contribution < 1.29 is 10.2 Å². The van der Waals surface area contributed by atoms with E-state index in [-0.39, 0.29) is 6.61 Å². The third kappa shape index (κ3) is 0.947. The van der Waals surface area contributed by atoms with Crippen LogP contribution < -0.4 is 0 Å². The summed E-state index contributed by atoms with van der Waals surface area (Å²) in [5, 5.41) is 18.9. The second-order valence-corrected chi connectivity index (χ2v) is 4.48. The summed E-state index contributed by atoms with van der Waals surface area (Å²) in [6, 6.07) is 3.78. The predicted octanol–water partition coefficient (Wildman–Crippen LogP) is 2.25. The van der Waals surface area contributed by atoms with Crippen LogP contribution >= 0.6 is 0 Å². The molecule has 0 aromatic heterocycles. The molecule has 2 nitrogen and oxygen atoms in total. The van der Waals surface area contributed by atoms with Crippen LogP contribution in [0.15, 0.2) is 12.1 Å². The molecule has 1 aromatic carbocycles. The van der Waals surface area contributed by atoms with Gasteiger partial charge in [0.05, 0.1) is 6.61 Å². The Bertz CT molecular complexity index is 384. The highest BCUT2D eigenvalue weighted by Gasteiger charge is 2.38. The molecule has 1 saturated carbocycles. The van der Waals surface area contributed by atoms with Gasteiger partial charge in [0.25, 0.3) is 0 Å². The van der Waals surface area contributed by atoms with Crippen molar-refractivity contribution in [2.75, 3.05) is 0 Å². The monoisotopic (exact) mass is 190 g/mol. The van der Waals surface area contributed by atoms with Crippen LogP contribution in [0, 0.1) is 0 Å². The van der Waals surface area contributed by atoms with E-state index in [0.29, 0.717) is 17.6 Å². The molecule has 14 heavy (non-hydrogen) atoms. The molecule has 2 heteroatoms. The first-order valence-electron chi connectivity index (χ1n) is 5.26. The summed E-state index contributed by atoms with van der Waals surface area (Å²) in [6.07, 6.45) is 3.69. The van der Waals surface area contributed by atoms with E-state index in [4.69, 9.17) is 5.11 Å². The van der Waals surface area contributed by atoms with E-state index in [0.717, 1.165) is 5.56 Å². The smallest absolute Gasteiger partial charge is 0.119 e. The zero-order chi connectivity index (χ0) is 9.71. The average Bonchev–Trinajstić information content (AvgIpc) is 2.77. The molecule has 0 heterocycles. The molecule has 0 amide bonds. The van der Waals surface area contributed by atoms with Gasteiger partial charge in [-0.25, -0.2) is 0 Å². The Hall–Kier alpha value is -1.02. The Kier molecular flexibility index (Phi) is 1.62. The molecule has 2 aliphatic rings. The molecular formula is C12H14O2. The number of aromatic hydroxyl groups is 1. The lowest BCUT2D eigenvalue weighted by molar-refractivity contribution is 0.281. The van der Waals surface area contributed by atoms with Gasteiger partial charge in [-0.1, -0.05) is 6.07 Å². The first-order chi connectivity index (χ1) is 6.79. The number of phenolic OH excluding ortho intramolecular Hbond substituents is 1. The maximum absolute atomic E-state index is 9.85. The topological polar surface area (TPSA) is 40.5 Å². The van der Waals surface area contributed by atoms with Crippen LogP contribution in [0.2, 0.25) is 0 Å². The number of phenols is 1. The van der Waals surface area contributed by atoms with Gasteiger partial charge in [0.2, 0.25) is 0 Å². The molecule has 0 spiro atoms. The second kappa shape index (κ2) is 2.74. The van der Waals surface area contributed by atoms with Crippen molar-refractivity contribution in [2.45, 2.75) is 37.7 Å². The fraction of sp³-hybridized carbons (Fsp3) is 0.500. The van der Waals surface area contributed by atoms with E-state index in [1.807, 2.05) is 0 Å². The van der Waals surface area contributed by atoms with E-state index < -0.39 is 0 Å². The lowest BCUT2D eigenvalue weighted by atomic mass is 9.90. The van der Waals surface area contributed by atoms with Gasteiger partial charge in [0.1, 0.15) is 5.75 Å². The van der Waals surface area contributed by atoms with Crippen LogP contribution in [-0.2, 0) is 6.61 Å². The van der Waals surface area contributed by atoms with Crippen LogP contribution in [0.4, 0.5) is 0 Å². The van der Waals surface area contributed by atoms with Gasteiger partial charge >= 0.3 is 0 Å². The lowest BCUT2D eigenvalue weighted by Gasteiger charge is -2.17. The number of rotatable bonds is 1. The summed E-state index contributed by atoms with van der Waals surface area (Å²) >= 11 is 0. The molecule has 3 rings (SSSR count). The van der Waals surface area contributed by atoms with Crippen molar-refractivity contribution in [2.24, 2.45) is 0 Å². The van der Waals surface area contributed by atoms with Gasteiger partial charge in [0.15, 0.2) is 0 Å². The van der Waals surface area contributed by atoms with Crippen molar-refractivity contribution in [3.63, 3.8) is 0 Å². The largest absolute Gasteiger partial charge is 0.508 e. The first kappa shape index (κ1) is 8.30. The summed E-state index contributed by atoms with van der Waals surface area (Å²) in [4.78, 5) is 0. The Morgan fingerprint density at radius 3 is 2.79 bits per heavy atom. The maximum atomic E-state index is 9.85. The fourth-order valence-corrected chi connectivity index (χ4v) is 3.12. The van der Waals surface area contributed by atoms with Crippen LogP contribution in [0.1, 0.15) is 47.8 Å². The molecule has 2 N–H and O–H groups in total. The second-order valence-electron chi connectivity index (χ2n) is 4.48. The van der Waals surface area contributed by atoms with E-state index >= 15 is 0 Å². The summed E-state index contributed by atoms with van der Waals surface area (Å²) in [6.45, 7) is 0.0260. The SMILES string of the molecule is OCc1cc(O)c2c(c1)C1CCC2C1. The minimum Gasteiger partial charge on any atom is -0.508 e. The molecule has 1 fully saturated rings. The number of aliphatic hydroxyl groups is 1. The highest BCUT2D eigenvalue weighted by molar-refractivity contribution is 5.51. The highest BCUT2D eigenvalue weighted by Crippen LogP contribution is 2.55. The third-order valence-electron chi connectivity index (χ3n) is 3.71.